The van der Waals surface area contributed by atoms with Crippen LogP contribution in [0, 0.1) is 5.41 Å². The molecule has 5 nitrogen and oxygen atoms in total. The Morgan fingerprint density at radius 2 is 1.82 bits per heavy atom. The molecule has 2 fully saturated rings. The molecular weight excluding hydrogens is 371 g/mol. The van der Waals surface area contributed by atoms with Crippen LogP contribution in [0.3, 0.4) is 0 Å². The summed E-state index contributed by atoms with van der Waals surface area (Å²) in [5.41, 5.74) is 4.75. The molecule has 1 aliphatic heterocycles. The van der Waals surface area contributed by atoms with Crippen LogP contribution in [0.4, 0.5) is 29.3 Å². The number of piperidine rings is 1. The number of nitrogens with one attached hydrogen (secondary N) is 1. The Morgan fingerprint density at radius 1 is 1.21 bits per heavy atom. The number of alkyl carbamates (subject to hydrolysis) is 1. The maximum atomic E-state index is 13.4. The molecule has 0 atom stereocenters. The third-order valence-electron chi connectivity index (χ3n) is 5.57. The minimum Gasteiger partial charge on any atom is -0.444 e. The fourth-order valence-electron chi connectivity index (χ4n) is 4.25. The van der Waals surface area contributed by atoms with Crippen molar-refractivity contribution < 1.29 is 22.7 Å². The van der Waals surface area contributed by atoms with E-state index in [0.29, 0.717) is 13.1 Å². The molecule has 1 spiro atoms. The summed E-state index contributed by atoms with van der Waals surface area (Å²) in [4.78, 5) is 13.7. The lowest BCUT2D eigenvalue weighted by Gasteiger charge is -2.52. The van der Waals surface area contributed by atoms with Gasteiger partial charge in [-0.25, -0.2) is 4.79 Å². The molecule has 1 saturated carbocycles. The number of carbonyl (C=O) groups excluding carboxylic acids is 1. The average molecular weight is 399 g/mol. The normalized spacial score (nSPS) is 20.0. The number of amides is 1. The molecule has 28 heavy (non-hydrogen) atoms. The molecule has 8 heteroatoms. The predicted octanol–water partition coefficient (Wildman–Crippen LogP) is 4.56. The zero-order valence-electron chi connectivity index (χ0n) is 16.5. The van der Waals surface area contributed by atoms with Gasteiger partial charge in [0.1, 0.15) is 5.60 Å². The number of carbonyl (C=O) groups is 1. The van der Waals surface area contributed by atoms with Gasteiger partial charge in [-0.3, -0.25) is 0 Å². The van der Waals surface area contributed by atoms with Crippen LogP contribution < -0.4 is 16.0 Å². The number of halogens is 3. The van der Waals surface area contributed by atoms with E-state index < -0.39 is 23.4 Å². The molecule has 2 aliphatic rings. The van der Waals surface area contributed by atoms with Crippen LogP contribution in [0.1, 0.15) is 52.0 Å². The van der Waals surface area contributed by atoms with E-state index in [1.165, 1.54) is 12.1 Å². The zero-order chi connectivity index (χ0) is 20.7. The van der Waals surface area contributed by atoms with Gasteiger partial charge in [0.15, 0.2) is 0 Å². The van der Waals surface area contributed by atoms with Gasteiger partial charge in [-0.2, -0.15) is 13.2 Å². The van der Waals surface area contributed by atoms with Gasteiger partial charge < -0.3 is 20.7 Å². The van der Waals surface area contributed by atoms with Crippen molar-refractivity contribution in [2.45, 2.75) is 64.3 Å². The van der Waals surface area contributed by atoms with Crippen molar-refractivity contribution in [3.05, 3.63) is 23.8 Å². The predicted molar refractivity (Wildman–Crippen MR) is 102 cm³/mol. The third-order valence-corrected chi connectivity index (χ3v) is 5.57. The molecule has 1 aromatic carbocycles. The maximum Gasteiger partial charge on any atom is 0.418 e. The van der Waals surface area contributed by atoms with Crippen LogP contribution in [-0.4, -0.2) is 30.8 Å². The van der Waals surface area contributed by atoms with E-state index >= 15 is 0 Å². The summed E-state index contributed by atoms with van der Waals surface area (Å²) in [6.45, 7) is 6.57. The molecule has 1 aliphatic carbocycles. The lowest BCUT2D eigenvalue weighted by atomic mass is 9.60. The van der Waals surface area contributed by atoms with Gasteiger partial charge in [-0.1, -0.05) is 0 Å². The summed E-state index contributed by atoms with van der Waals surface area (Å²) in [7, 11) is 0. The molecule has 3 rings (SSSR count). The van der Waals surface area contributed by atoms with E-state index in [4.69, 9.17) is 10.5 Å². The summed E-state index contributed by atoms with van der Waals surface area (Å²) in [6.07, 6.45) is -1.55. The van der Waals surface area contributed by atoms with Crippen molar-refractivity contribution in [3.63, 3.8) is 0 Å². The Labute approximate surface area is 163 Å². The molecule has 0 aromatic heterocycles. The highest BCUT2D eigenvalue weighted by Crippen LogP contribution is 2.50. The van der Waals surface area contributed by atoms with Crippen molar-refractivity contribution in [1.82, 2.24) is 5.32 Å². The van der Waals surface area contributed by atoms with Crippen LogP contribution in [0.25, 0.3) is 0 Å². The van der Waals surface area contributed by atoms with E-state index in [1.54, 1.807) is 4.90 Å². The Kier molecular flexibility index (Phi) is 5.18. The number of ether oxygens (including phenoxy) is 1. The number of nitrogens with two attached hydrogens (primary N) is 1. The monoisotopic (exact) mass is 399 g/mol. The molecule has 1 amide bonds. The minimum atomic E-state index is -4.43. The first-order chi connectivity index (χ1) is 12.9. The number of hydrogen-bond donors (Lipinski definition) is 2. The third kappa shape index (κ3) is 4.64. The second kappa shape index (κ2) is 7.04. The van der Waals surface area contributed by atoms with Crippen molar-refractivity contribution in [2.24, 2.45) is 5.41 Å². The number of nitrogens with zero attached hydrogens (tertiary/aromatic N) is 1. The topological polar surface area (TPSA) is 67.6 Å². The average Bonchev–Trinajstić information content (AvgIpc) is 2.51. The van der Waals surface area contributed by atoms with Crippen molar-refractivity contribution >= 4 is 17.5 Å². The fraction of sp³-hybridized carbons (Fsp3) is 0.650. The molecule has 1 aromatic rings. The molecule has 156 valence electrons. The highest BCUT2D eigenvalue weighted by atomic mass is 19.4. The quantitative estimate of drug-likeness (QED) is 0.716. The molecule has 0 radical (unpaired) electrons. The van der Waals surface area contributed by atoms with Crippen molar-refractivity contribution in [3.8, 4) is 0 Å². The lowest BCUT2D eigenvalue weighted by molar-refractivity contribution is -0.137. The van der Waals surface area contributed by atoms with E-state index in [-0.39, 0.29) is 22.8 Å². The lowest BCUT2D eigenvalue weighted by Crippen LogP contribution is -2.55. The first kappa shape index (κ1) is 20.6. The number of hydrogen-bond acceptors (Lipinski definition) is 4. The molecule has 0 unspecified atom stereocenters. The molecule has 1 heterocycles. The van der Waals surface area contributed by atoms with Gasteiger partial charge in [0, 0.05) is 30.5 Å². The summed E-state index contributed by atoms with van der Waals surface area (Å²) >= 11 is 0. The molecule has 1 saturated heterocycles. The Bertz CT molecular complexity index is 727. The van der Waals surface area contributed by atoms with Gasteiger partial charge in [-0.05, 0) is 70.1 Å². The largest absolute Gasteiger partial charge is 0.444 e. The minimum absolute atomic E-state index is 0.0728. The van der Waals surface area contributed by atoms with Gasteiger partial charge in [0.25, 0.3) is 0 Å². The van der Waals surface area contributed by atoms with Crippen molar-refractivity contribution in [1.29, 1.82) is 0 Å². The highest BCUT2D eigenvalue weighted by molar-refractivity contribution is 5.68. The number of anilines is 2. The summed E-state index contributed by atoms with van der Waals surface area (Å²) in [6, 6.07) is 4.05. The SMILES string of the molecule is CC(C)(C)OC(=O)NC1CC2(CCN(c3ccc(N)cc3C(F)(F)F)CC2)C1. The first-order valence-electron chi connectivity index (χ1n) is 9.58. The maximum absolute atomic E-state index is 13.4. The van der Waals surface area contributed by atoms with Crippen LogP contribution >= 0.6 is 0 Å². The Morgan fingerprint density at radius 3 is 2.36 bits per heavy atom. The first-order valence-corrected chi connectivity index (χ1v) is 9.58. The molecule has 3 N–H and O–H groups in total. The van der Waals surface area contributed by atoms with Crippen LogP contribution in [0.15, 0.2) is 18.2 Å². The van der Waals surface area contributed by atoms with E-state index in [0.717, 1.165) is 31.7 Å². The summed E-state index contributed by atoms with van der Waals surface area (Å²) in [5.74, 6) is 0. The van der Waals surface area contributed by atoms with E-state index in [1.807, 2.05) is 20.8 Å². The fourth-order valence-corrected chi connectivity index (χ4v) is 4.25. The Balaban J connectivity index is 1.56. The second-order valence-electron chi connectivity index (χ2n) is 9.01. The van der Waals surface area contributed by atoms with Gasteiger partial charge in [0.05, 0.1) is 5.56 Å². The van der Waals surface area contributed by atoms with Crippen LogP contribution in [0.5, 0.6) is 0 Å². The number of nitrogen functional groups attached to an aromatic ring is 1. The van der Waals surface area contributed by atoms with Gasteiger partial charge in [-0.15, -0.1) is 0 Å². The van der Waals surface area contributed by atoms with Crippen molar-refractivity contribution in [2.75, 3.05) is 23.7 Å². The van der Waals surface area contributed by atoms with E-state index in [2.05, 4.69) is 5.32 Å². The number of alkyl halides is 3. The molecular formula is C20H28F3N3O2. The standard InChI is InChI=1S/C20H28F3N3O2/c1-18(2,3)28-17(27)25-14-11-19(12-14)6-8-26(9-7-19)16-5-4-13(24)10-15(16)20(21,22)23/h4-5,10,14H,6-9,11-12,24H2,1-3H3,(H,25,27). The van der Waals surface area contributed by atoms with Gasteiger partial charge >= 0.3 is 12.3 Å². The van der Waals surface area contributed by atoms with E-state index in [9.17, 15) is 18.0 Å². The van der Waals surface area contributed by atoms with Crippen LogP contribution in [0.2, 0.25) is 0 Å². The number of rotatable bonds is 2. The van der Waals surface area contributed by atoms with Gasteiger partial charge in [0.2, 0.25) is 0 Å². The summed E-state index contributed by atoms with van der Waals surface area (Å²) < 4.78 is 45.4. The molecule has 0 bridgehead atoms. The zero-order valence-corrected chi connectivity index (χ0v) is 16.5. The number of benzene rings is 1. The summed E-state index contributed by atoms with van der Waals surface area (Å²) in [5, 5.41) is 2.89. The smallest absolute Gasteiger partial charge is 0.418 e. The Hall–Kier alpha value is -2.12. The van der Waals surface area contributed by atoms with Crippen LogP contribution in [-0.2, 0) is 10.9 Å². The highest BCUT2D eigenvalue weighted by Gasteiger charge is 2.47. The second-order valence-corrected chi connectivity index (χ2v) is 9.01.